The standard InChI is InChI=1S/C96H160N12O22/c1-17-76-61(5)65(9)87(102-69(13)109)93(127-76)123-49-36-25-21-31-43-97-81(114)57-106(58-82(115)98-44-32-22-26-37-50-124-94-88(103-70(14)110)66(10)62(6)77(18-2)128-94)91(120)73-54-74(56-75(55-73)122-53-47-101-80(113)40-30-29-35-48-108-85(118)41-42-86(108)119)92(121)107(59-83(116)99-45-33-23-27-38-51-125-95-89(104-71(15)111)67(11)63(7)78(19-3)129-95)60-84(117)100-46-34-24-28-39-52-126-96-90(105-72(16)112)68(12)64(8)79(20-4)130-96/h41-42,54-56,61-68,76-79,87-90,93-96H,17-40,43-53,57-60H2,1-16H3,(H,97,114)(H,98,115)(H,99,116)(H,100,117)(H,101,113)(H,102,109)(H,103,110)(H,104,111)(H,105,112). The molecule has 4 fully saturated rings. The molecule has 4 saturated heterocycles. The highest BCUT2D eigenvalue weighted by molar-refractivity contribution is 6.13. The minimum absolute atomic E-state index is 0.0210. The highest BCUT2D eigenvalue weighted by atomic mass is 16.7. The molecule has 20 unspecified atom stereocenters. The summed E-state index contributed by atoms with van der Waals surface area (Å²) < 4.78 is 56.6. The second-order valence-electron chi connectivity index (χ2n) is 36.4. The molecule has 0 saturated carbocycles. The Morgan fingerprint density at radius 2 is 0.600 bits per heavy atom. The number of carbonyl (C=O) groups is 13. The molecule has 1 aromatic carbocycles. The topological polar surface area (TPSA) is 423 Å². The molecule has 34 nitrogen and oxygen atoms in total. The van der Waals surface area contributed by atoms with Crippen LogP contribution in [0.25, 0.3) is 0 Å². The molecule has 736 valence electrons. The fourth-order valence-electron chi connectivity index (χ4n) is 17.8. The first-order chi connectivity index (χ1) is 62.2. The van der Waals surface area contributed by atoms with E-state index >= 15 is 9.59 Å². The third kappa shape index (κ3) is 37.7. The number of unbranched alkanes of at least 4 members (excludes halogenated alkanes) is 14. The first kappa shape index (κ1) is 110. The number of carbonyl (C=O) groups excluding carboxylic acids is 13. The van der Waals surface area contributed by atoms with E-state index in [4.69, 9.17) is 42.6 Å². The maximum absolute atomic E-state index is 15.4. The molecular formula is C96H160N12O22. The first-order valence-corrected chi connectivity index (χ1v) is 48.6. The Labute approximate surface area is 772 Å². The van der Waals surface area contributed by atoms with E-state index in [-0.39, 0.29) is 206 Å². The number of imide groups is 1. The number of nitrogens with zero attached hydrogens (tertiary/aromatic N) is 3. The maximum atomic E-state index is 15.4. The van der Waals surface area contributed by atoms with Crippen molar-refractivity contribution in [1.29, 1.82) is 0 Å². The molecule has 34 heteroatoms. The van der Waals surface area contributed by atoms with E-state index in [0.29, 0.717) is 123 Å². The maximum Gasteiger partial charge on any atom is 0.254 e. The van der Waals surface area contributed by atoms with E-state index in [1.54, 1.807) is 0 Å². The summed E-state index contributed by atoms with van der Waals surface area (Å²) in [6, 6.07) is 2.72. The number of amides is 13. The third-order valence-electron chi connectivity index (χ3n) is 26.3. The molecule has 0 aliphatic carbocycles. The summed E-state index contributed by atoms with van der Waals surface area (Å²) in [7, 11) is 0. The first-order valence-electron chi connectivity index (χ1n) is 48.6. The molecule has 5 aliphatic rings. The lowest BCUT2D eigenvalue weighted by molar-refractivity contribution is -0.236. The van der Waals surface area contributed by atoms with Crippen LogP contribution in [0, 0.1) is 47.3 Å². The predicted molar refractivity (Wildman–Crippen MR) is 490 cm³/mol. The number of rotatable bonds is 60. The Kier molecular flexibility index (Phi) is 50.5. The fourth-order valence-corrected chi connectivity index (χ4v) is 17.8. The van der Waals surface area contributed by atoms with Crippen LogP contribution in [-0.4, -0.2) is 264 Å². The molecular weight excluding hydrogens is 1670 g/mol. The van der Waals surface area contributed by atoms with Crippen LogP contribution in [0.15, 0.2) is 30.4 Å². The molecule has 9 N–H and O–H groups in total. The fraction of sp³-hybridized carbons (Fsp3) is 0.781. The van der Waals surface area contributed by atoms with Crippen molar-refractivity contribution in [2.75, 3.05) is 98.5 Å². The molecule has 20 atom stereocenters. The number of ether oxygens (including phenoxy) is 9. The molecule has 130 heavy (non-hydrogen) atoms. The van der Waals surface area contributed by atoms with Gasteiger partial charge in [-0.1, -0.05) is 141 Å². The summed E-state index contributed by atoms with van der Waals surface area (Å²) in [6.07, 6.45) is 15.5. The van der Waals surface area contributed by atoms with E-state index in [9.17, 15) is 52.7 Å². The normalized spacial score (nSPS) is 26.0. The van der Waals surface area contributed by atoms with Crippen molar-refractivity contribution in [3.8, 4) is 5.75 Å². The van der Waals surface area contributed by atoms with Crippen molar-refractivity contribution in [3.05, 3.63) is 41.5 Å². The number of hydrogen-bond acceptors (Lipinski definition) is 22. The molecule has 0 radical (unpaired) electrons. The van der Waals surface area contributed by atoms with Gasteiger partial charge < -0.3 is 100 Å². The molecule has 0 bridgehead atoms. The Balaban J connectivity index is 1.20. The molecule has 5 aliphatic heterocycles. The number of nitrogens with one attached hydrogen (secondary N) is 9. The van der Waals surface area contributed by atoms with Crippen molar-refractivity contribution in [2.24, 2.45) is 47.3 Å². The Morgan fingerprint density at radius 3 is 0.877 bits per heavy atom. The average Bonchev–Trinajstić information content (AvgIpc) is 1.04. The van der Waals surface area contributed by atoms with Gasteiger partial charge in [0, 0.05) is 117 Å². The van der Waals surface area contributed by atoms with Gasteiger partial charge in [0.15, 0.2) is 25.2 Å². The zero-order valence-electron chi connectivity index (χ0n) is 80.8. The van der Waals surface area contributed by atoms with Crippen molar-refractivity contribution < 1.29 is 105 Å². The molecule has 1 aromatic rings. The predicted octanol–water partition coefficient (Wildman–Crippen LogP) is 8.97. The van der Waals surface area contributed by atoms with E-state index in [1.807, 2.05) is 0 Å². The van der Waals surface area contributed by atoms with Crippen LogP contribution in [0.2, 0.25) is 0 Å². The van der Waals surface area contributed by atoms with E-state index in [0.717, 1.165) is 66.1 Å². The van der Waals surface area contributed by atoms with Gasteiger partial charge in [-0.25, -0.2) is 0 Å². The highest BCUT2D eigenvalue weighted by Gasteiger charge is 2.46. The summed E-state index contributed by atoms with van der Waals surface area (Å²) in [6.45, 7) is 31.1. The largest absolute Gasteiger partial charge is 0.492 e. The van der Waals surface area contributed by atoms with Gasteiger partial charge >= 0.3 is 0 Å². The Morgan fingerprint density at radius 1 is 0.331 bits per heavy atom. The van der Waals surface area contributed by atoms with Gasteiger partial charge in [-0.05, 0) is 155 Å². The lowest BCUT2D eigenvalue weighted by Gasteiger charge is -2.44. The molecule has 13 amide bonds. The van der Waals surface area contributed by atoms with Crippen LogP contribution in [0.3, 0.4) is 0 Å². The van der Waals surface area contributed by atoms with Gasteiger partial charge in [-0.15, -0.1) is 0 Å². The van der Waals surface area contributed by atoms with Gasteiger partial charge in [-0.2, -0.15) is 0 Å². The lowest BCUT2D eigenvalue weighted by atomic mass is 9.81. The SMILES string of the molecule is CCC1OC(OCCCCCCNC(=O)CN(CC(=O)NCCCCCCOC2OC(CC)C(C)C(C)C2NC(C)=O)C(=O)c2cc(OCCNC(=O)CCCCCN3C(=O)C=CC3=O)cc(C(=O)N(CC(=O)NCCCCCCOC3OC(CC)C(C)C(C)C3NC(C)=O)CC(=O)NCCCCCCOC3OC(CC)C(C)C(C)C3NC(C)=O)c2)C(NC(C)=O)C(C)C1C. The van der Waals surface area contributed by atoms with Gasteiger partial charge in [0.2, 0.25) is 53.2 Å². The summed E-state index contributed by atoms with van der Waals surface area (Å²) in [4.78, 5) is 177. The van der Waals surface area contributed by atoms with Crippen LogP contribution in [0.5, 0.6) is 5.75 Å². The second-order valence-corrected chi connectivity index (χ2v) is 36.4. The van der Waals surface area contributed by atoms with Crippen LogP contribution in [-0.2, 0) is 90.6 Å². The minimum Gasteiger partial charge on any atom is -0.492 e. The van der Waals surface area contributed by atoms with E-state index in [1.165, 1.54) is 58.0 Å². The summed E-state index contributed by atoms with van der Waals surface area (Å²) >= 11 is 0. The number of benzene rings is 1. The Bertz CT molecular complexity index is 3370. The zero-order valence-corrected chi connectivity index (χ0v) is 80.8. The van der Waals surface area contributed by atoms with Crippen LogP contribution in [0.1, 0.15) is 286 Å². The van der Waals surface area contributed by atoms with Crippen LogP contribution in [0.4, 0.5) is 0 Å². The lowest BCUT2D eigenvalue weighted by Crippen LogP contribution is -2.57. The molecule has 0 spiro atoms. The quantitative estimate of drug-likeness (QED) is 0.0217. The molecule has 5 heterocycles. The highest BCUT2D eigenvalue weighted by Crippen LogP contribution is 2.38. The smallest absolute Gasteiger partial charge is 0.254 e. The average molecular weight is 1830 g/mol. The van der Waals surface area contributed by atoms with Crippen LogP contribution >= 0.6 is 0 Å². The van der Waals surface area contributed by atoms with Gasteiger partial charge in [0.05, 0.1) is 55.1 Å². The van der Waals surface area contributed by atoms with Gasteiger partial charge in [-0.3, -0.25) is 67.2 Å². The van der Waals surface area contributed by atoms with Crippen molar-refractivity contribution in [1.82, 2.24) is 62.6 Å². The van der Waals surface area contributed by atoms with Gasteiger partial charge in [0.25, 0.3) is 23.6 Å². The van der Waals surface area contributed by atoms with E-state index < -0.39 is 86.8 Å². The van der Waals surface area contributed by atoms with Crippen molar-refractivity contribution in [2.45, 2.75) is 339 Å². The van der Waals surface area contributed by atoms with Crippen molar-refractivity contribution >= 4 is 76.8 Å². The zero-order chi connectivity index (χ0) is 95.4. The minimum atomic E-state index is -0.849. The number of hydrogen-bond donors (Lipinski definition) is 9. The van der Waals surface area contributed by atoms with Crippen molar-refractivity contribution in [3.63, 3.8) is 0 Å². The third-order valence-corrected chi connectivity index (χ3v) is 26.3. The molecule has 0 aromatic heterocycles. The van der Waals surface area contributed by atoms with Crippen LogP contribution < -0.4 is 52.6 Å². The molecule has 6 rings (SSSR count). The monoisotopic (exact) mass is 1830 g/mol. The Hall–Kier alpha value is -8.25. The van der Waals surface area contributed by atoms with E-state index in [2.05, 4.69) is 131 Å². The summed E-state index contributed by atoms with van der Waals surface area (Å²) in [5.41, 5.74) is -0.386. The van der Waals surface area contributed by atoms with Gasteiger partial charge in [0.1, 0.15) is 38.5 Å². The second kappa shape index (κ2) is 59.4. The summed E-state index contributed by atoms with van der Waals surface area (Å²) in [5, 5.41) is 26.6. The summed E-state index contributed by atoms with van der Waals surface area (Å²) in [5.74, 6) is -4.47.